The zero-order chi connectivity index (χ0) is 13.0. The van der Waals surface area contributed by atoms with Gasteiger partial charge in [-0.25, -0.2) is 4.98 Å². The van der Waals surface area contributed by atoms with E-state index in [-0.39, 0.29) is 11.7 Å². The second-order valence-electron chi connectivity index (χ2n) is 3.83. The average molecular weight is 257 g/mol. The standard InChI is InChI=1S/C10H15N3O3S/c1-8(7-17(3)16)12(2)10-5-4-9(6-11-10)13(14)15/h4-6,8H,7H2,1-3H3/t8-,17-/m1/s1. The topological polar surface area (TPSA) is 76.3 Å². The van der Waals surface area contributed by atoms with Gasteiger partial charge in [-0.05, 0) is 13.0 Å². The molecule has 1 aromatic heterocycles. The van der Waals surface area contributed by atoms with Crippen LogP contribution in [0.2, 0.25) is 0 Å². The molecule has 1 rings (SSSR count). The molecular weight excluding hydrogens is 242 g/mol. The molecule has 0 aliphatic heterocycles. The first kappa shape index (κ1) is 13.6. The summed E-state index contributed by atoms with van der Waals surface area (Å²) >= 11 is 0. The minimum Gasteiger partial charge on any atom is -0.356 e. The Morgan fingerprint density at radius 1 is 1.59 bits per heavy atom. The largest absolute Gasteiger partial charge is 0.356 e. The average Bonchev–Trinajstić information content (AvgIpc) is 2.27. The second kappa shape index (κ2) is 5.72. The first-order valence-corrected chi connectivity index (χ1v) is 6.78. The Hall–Kier alpha value is -1.50. The number of nitro groups is 1. The van der Waals surface area contributed by atoms with E-state index in [1.807, 2.05) is 18.9 Å². The number of hydrogen-bond donors (Lipinski definition) is 0. The lowest BCUT2D eigenvalue weighted by atomic mass is 10.3. The zero-order valence-electron chi connectivity index (χ0n) is 9.99. The van der Waals surface area contributed by atoms with Gasteiger partial charge < -0.3 is 4.90 Å². The summed E-state index contributed by atoms with van der Waals surface area (Å²) in [5.74, 6) is 1.17. The van der Waals surface area contributed by atoms with Crippen molar-refractivity contribution in [3.8, 4) is 0 Å². The van der Waals surface area contributed by atoms with E-state index in [1.165, 1.54) is 12.3 Å². The van der Waals surface area contributed by atoms with Crippen LogP contribution < -0.4 is 4.90 Å². The van der Waals surface area contributed by atoms with E-state index in [4.69, 9.17) is 0 Å². The maximum atomic E-state index is 11.1. The van der Waals surface area contributed by atoms with E-state index in [1.54, 1.807) is 12.3 Å². The highest BCUT2D eigenvalue weighted by atomic mass is 32.2. The highest BCUT2D eigenvalue weighted by Crippen LogP contribution is 2.16. The van der Waals surface area contributed by atoms with Crippen molar-refractivity contribution in [3.63, 3.8) is 0 Å². The van der Waals surface area contributed by atoms with Crippen molar-refractivity contribution in [2.24, 2.45) is 0 Å². The zero-order valence-corrected chi connectivity index (χ0v) is 10.8. The van der Waals surface area contributed by atoms with Gasteiger partial charge in [0.15, 0.2) is 0 Å². The van der Waals surface area contributed by atoms with Crippen molar-refractivity contribution < 1.29 is 9.13 Å². The molecule has 1 aromatic rings. The minimum atomic E-state index is -0.879. The molecule has 0 saturated heterocycles. The van der Waals surface area contributed by atoms with Crippen LogP contribution in [0.15, 0.2) is 18.3 Å². The molecule has 0 spiro atoms. The van der Waals surface area contributed by atoms with E-state index < -0.39 is 15.7 Å². The SMILES string of the molecule is C[C@H](C[S@@](C)=O)N(C)c1ccc([N+](=O)[O-])cn1. The maximum Gasteiger partial charge on any atom is 0.287 e. The molecule has 0 fully saturated rings. The molecule has 6 nitrogen and oxygen atoms in total. The Morgan fingerprint density at radius 2 is 2.24 bits per heavy atom. The van der Waals surface area contributed by atoms with Gasteiger partial charge >= 0.3 is 0 Å². The quantitative estimate of drug-likeness (QED) is 0.585. The van der Waals surface area contributed by atoms with Gasteiger partial charge in [0.1, 0.15) is 12.0 Å². The molecule has 2 atom stereocenters. The van der Waals surface area contributed by atoms with Crippen LogP contribution in [0.4, 0.5) is 11.5 Å². The molecule has 1 heterocycles. The normalized spacial score (nSPS) is 14.1. The molecule has 0 aliphatic rings. The second-order valence-corrected chi connectivity index (χ2v) is 5.31. The Bertz CT molecular complexity index is 421. The van der Waals surface area contributed by atoms with Crippen molar-refractivity contribution >= 4 is 22.3 Å². The Labute approximate surface area is 102 Å². The number of anilines is 1. The predicted molar refractivity (Wildman–Crippen MR) is 67.7 cm³/mol. The van der Waals surface area contributed by atoms with Gasteiger partial charge in [0.2, 0.25) is 0 Å². The van der Waals surface area contributed by atoms with Crippen molar-refractivity contribution in [1.82, 2.24) is 4.98 Å². The lowest BCUT2D eigenvalue weighted by molar-refractivity contribution is -0.385. The molecular formula is C10H15N3O3S. The lowest BCUT2D eigenvalue weighted by Crippen LogP contribution is -2.33. The van der Waals surface area contributed by atoms with Crippen molar-refractivity contribution in [2.75, 3.05) is 24.0 Å². The van der Waals surface area contributed by atoms with Gasteiger partial charge in [0, 0.05) is 42.0 Å². The maximum absolute atomic E-state index is 11.1. The summed E-state index contributed by atoms with van der Waals surface area (Å²) in [4.78, 5) is 15.9. The van der Waals surface area contributed by atoms with Crippen molar-refractivity contribution in [1.29, 1.82) is 0 Å². The number of hydrogen-bond acceptors (Lipinski definition) is 5. The third kappa shape index (κ3) is 3.77. The highest BCUT2D eigenvalue weighted by Gasteiger charge is 2.14. The van der Waals surface area contributed by atoms with Crippen LogP contribution in [0.5, 0.6) is 0 Å². The van der Waals surface area contributed by atoms with Gasteiger partial charge in [-0.15, -0.1) is 0 Å². The van der Waals surface area contributed by atoms with Gasteiger partial charge in [-0.1, -0.05) is 0 Å². The van der Waals surface area contributed by atoms with Gasteiger partial charge in [-0.2, -0.15) is 0 Å². The molecule has 94 valence electrons. The van der Waals surface area contributed by atoms with E-state index >= 15 is 0 Å². The molecule has 0 radical (unpaired) electrons. The summed E-state index contributed by atoms with van der Waals surface area (Å²) in [6, 6.07) is 3.07. The van der Waals surface area contributed by atoms with Crippen molar-refractivity contribution in [3.05, 3.63) is 28.4 Å². The summed E-state index contributed by atoms with van der Waals surface area (Å²) in [7, 11) is 0.946. The fraction of sp³-hybridized carbons (Fsp3) is 0.500. The molecule has 17 heavy (non-hydrogen) atoms. The Morgan fingerprint density at radius 3 is 2.65 bits per heavy atom. The Balaban J connectivity index is 2.78. The van der Waals surface area contributed by atoms with E-state index in [2.05, 4.69) is 4.98 Å². The summed E-state index contributed by atoms with van der Waals surface area (Å²) < 4.78 is 11.1. The molecule has 0 N–H and O–H groups in total. The van der Waals surface area contributed by atoms with E-state index in [9.17, 15) is 14.3 Å². The fourth-order valence-corrected chi connectivity index (χ4v) is 2.28. The van der Waals surface area contributed by atoms with Crippen LogP contribution in [0.3, 0.4) is 0 Å². The molecule has 0 bridgehead atoms. The van der Waals surface area contributed by atoms with Crippen LogP contribution in [0, 0.1) is 10.1 Å². The first-order chi connectivity index (χ1) is 7.91. The van der Waals surface area contributed by atoms with Crippen LogP contribution in [-0.4, -0.2) is 39.2 Å². The number of aromatic nitrogens is 1. The molecule has 0 saturated carbocycles. The van der Waals surface area contributed by atoms with E-state index in [0.717, 1.165) is 0 Å². The summed E-state index contributed by atoms with van der Waals surface area (Å²) in [5, 5.41) is 10.5. The number of rotatable bonds is 5. The third-order valence-electron chi connectivity index (χ3n) is 2.44. The first-order valence-electron chi connectivity index (χ1n) is 5.05. The van der Waals surface area contributed by atoms with Gasteiger partial charge in [0.05, 0.1) is 4.92 Å². The fourth-order valence-electron chi connectivity index (χ4n) is 1.37. The summed E-state index contributed by atoms with van der Waals surface area (Å²) in [5.41, 5.74) is -0.0335. The van der Waals surface area contributed by atoms with Crippen molar-refractivity contribution in [2.45, 2.75) is 13.0 Å². The van der Waals surface area contributed by atoms with Crippen LogP contribution >= 0.6 is 0 Å². The molecule has 7 heteroatoms. The highest BCUT2D eigenvalue weighted by molar-refractivity contribution is 7.84. The Kier molecular flexibility index (Phi) is 4.56. The minimum absolute atomic E-state index is 0.0335. The molecule has 0 aliphatic carbocycles. The third-order valence-corrected chi connectivity index (χ3v) is 3.39. The number of nitrogens with zero attached hydrogens (tertiary/aromatic N) is 3. The van der Waals surface area contributed by atoms with Crippen LogP contribution in [-0.2, 0) is 10.8 Å². The summed E-state index contributed by atoms with van der Waals surface area (Å²) in [6.07, 6.45) is 2.87. The lowest BCUT2D eigenvalue weighted by Gasteiger charge is -2.24. The molecule has 0 amide bonds. The predicted octanol–water partition coefficient (Wildman–Crippen LogP) is 1.19. The van der Waals surface area contributed by atoms with Crippen LogP contribution in [0.25, 0.3) is 0 Å². The summed E-state index contributed by atoms with van der Waals surface area (Å²) in [6.45, 7) is 1.94. The monoisotopic (exact) mass is 257 g/mol. The van der Waals surface area contributed by atoms with Crippen LogP contribution in [0.1, 0.15) is 6.92 Å². The van der Waals surface area contributed by atoms with Gasteiger partial charge in [0.25, 0.3) is 5.69 Å². The molecule has 0 aromatic carbocycles. The number of pyridine rings is 1. The molecule has 0 unspecified atom stereocenters. The van der Waals surface area contributed by atoms with Gasteiger partial charge in [-0.3, -0.25) is 14.3 Å². The van der Waals surface area contributed by atoms with E-state index in [0.29, 0.717) is 11.6 Å². The smallest absolute Gasteiger partial charge is 0.287 e.